The quantitative estimate of drug-likeness (QED) is 0.279. The smallest absolute Gasteiger partial charge is 0.307 e. The maximum Gasteiger partial charge on any atom is 0.307 e. The van der Waals surface area contributed by atoms with Crippen LogP contribution in [0.2, 0.25) is 19.1 Å². The van der Waals surface area contributed by atoms with E-state index in [0.29, 0.717) is 19.1 Å². The molecule has 18 heavy (non-hydrogen) atoms. The predicted molar refractivity (Wildman–Crippen MR) is 75.1 cm³/mol. The Morgan fingerprint density at radius 2 is 2.00 bits per heavy atom. The summed E-state index contributed by atoms with van der Waals surface area (Å²) < 4.78 is 11.1. The number of hydrogen-bond acceptors (Lipinski definition) is 4. The maximum atomic E-state index is 11.4. The van der Waals surface area contributed by atoms with Gasteiger partial charge in [0.25, 0.3) is 0 Å². The number of hydrogen-bond donors (Lipinski definition) is 0. The molecule has 1 aliphatic rings. The number of carbonyl (C=O) groups is 1. The van der Waals surface area contributed by atoms with Gasteiger partial charge in [0, 0.05) is 25.7 Å². The average molecular weight is 273 g/mol. The zero-order valence-electron chi connectivity index (χ0n) is 12.2. The van der Waals surface area contributed by atoms with Crippen molar-refractivity contribution in [2.24, 2.45) is 0 Å². The van der Waals surface area contributed by atoms with Crippen molar-refractivity contribution >= 4 is 14.3 Å². The third-order valence-electron chi connectivity index (χ3n) is 2.91. The van der Waals surface area contributed by atoms with E-state index < -0.39 is 8.32 Å². The maximum absolute atomic E-state index is 11.4. The topological polar surface area (TPSA) is 38.5 Å². The summed E-state index contributed by atoms with van der Waals surface area (Å²) in [5, 5.41) is 0. The van der Waals surface area contributed by atoms with Gasteiger partial charge in [-0.3, -0.25) is 4.79 Å². The molecule has 5 heteroatoms. The van der Waals surface area contributed by atoms with E-state index in [-0.39, 0.29) is 5.97 Å². The molecule has 0 saturated carbocycles. The van der Waals surface area contributed by atoms with Crippen molar-refractivity contribution in [2.75, 3.05) is 26.2 Å². The van der Waals surface area contributed by atoms with Gasteiger partial charge in [-0.2, -0.15) is 0 Å². The molecule has 0 radical (unpaired) electrons. The zero-order valence-corrected chi connectivity index (χ0v) is 13.2. The highest BCUT2D eigenvalue weighted by Gasteiger charge is 2.23. The SMILES string of the molecule is CC(C)O[Si](C)(C)CCCOC(=O)CCN1CC1. The number of esters is 1. The minimum absolute atomic E-state index is 0.0637. The van der Waals surface area contributed by atoms with E-state index in [1.54, 1.807) is 0 Å². The molecule has 0 atom stereocenters. The van der Waals surface area contributed by atoms with E-state index in [4.69, 9.17) is 9.16 Å². The van der Waals surface area contributed by atoms with Gasteiger partial charge in [0.2, 0.25) is 0 Å². The van der Waals surface area contributed by atoms with Crippen molar-refractivity contribution in [1.82, 2.24) is 4.90 Å². The third kappa shape index (κ3) is 7.84. The Hall–Kier alpha value is -0.393. The van der Waals surface area contributed by atoms with Gasteiger partial charge < -0.3 is 14.1 Å². The molecule has 1 aliphatic heterocycles. The highest BCUT2D eigenvalue weighted by molar-refractivity contribution is 6.71. The molecule has 0 aliphatic carbocycles. The summed E-state index contributed by atoms with van der Waals surface area (Å²) in [4.78, 5) is 13.6. The lowest BCUT2D eigenvalue weighted by Crippen LogP contribution is -2.33. The molecular formula is C13H27NO3Si. The summed E-state index contributed by atoms with van der Waals surface area (Å²) in [6, 6.07) is 1.05. The van der Waals surface area contributed by atoms with Gasteiger partial charge in [-0.15, -0.1) is 0 Å². The minimum atomic E-state index is -1.56. The van der Waals surface area contributed by atoms with Crippen molar-refractivity contribution in [3.63, 3.8) is 0 Å². The molecule has 1 rings (SSSR count). The van der Waals surface area contributed by atoms with Crippen LogP contribution in [-0.2, 0) is 14.0 Å². The molecule has 0 spiro atoms. The molecule has 0 amide bonds. The first-order valence-electron chi connectivity index (χ1n) is 6.95. The van der Waals surface area contributed by atoms with Crippen LogP contribution in [0, 0.1) is 0 Å². The standard InChI is InChI=1S/C13H27NO3Si/c1-12(2)17-18(3,4)11-5-10-16-13(15)6-7-14-8-9-14/h12H,5-11H2,1-4H3. The van der Waals surface area contributed by atoms with Gasteiger partial charge >= 0.3 is 5.97 Å². The first-order valence-corrected chi connectivity index (χ1v) is 10.1. The predicted octanol–water partition coefficient (Wildman–Crippen LogP) is 2.26. The summed E-state index contributed by atoms with van der Waals surface area (Å²) in [6.45, 7) is 12.2. The van der Waals surface area contributed by atoms with Gasteiger partial charge in [-0.25, -0.2) is 0 Å². The second kappa shape index (κ2) is 7.26. The van der Waals surface area contributed by atoms with E-state index in [9.17, 15) is 4.79 Å². The van der Waals surface area contributed by atoms with E-state index in [2.05, 4.69) is 31.8 Å². The van der Waals surface area contributed by atoms with Crippen LogP contribution < -0.4 is 0 Å². The average Bonchev–Trinajstić information content (AvgIpc) is 3.03. The largest absolute Gasteiger partial charge is 0.466 e. The fourth-order valence-electron chi connectivity index (χ4n) is 2.00. The zero-order chi connectivity index (χ0) is 13.6. The van der Waals surface area contributed by atoms with Crippen LogP contribution in [0.25, 0.3) is 0 Å². The summed E-state index contributed by atoms with van der Waals surface area (Å²) in [7, 11) is -1.56. The summed E-state index contributed by atoms with van der Waals surface area (Å²) in [5.41, 5.74) is 0. The van der Waals surface area contributed by atoms with Crippen LogP contribution in [-0.4, -0.2) is 51.5 Å². The lowest BCUT2D eigenvalue weighted by atomic mass is 10.4. The summed E-state index contributed by atoms with van der Waals surface area (Å²) in [5.74, 6) is -0.0637. The van der Waals surface area contributed by atoms with Crippen LogP contribution in [0.3, 0.4) is 0 Å². The van der Waals surface area contributed by atoms with Crippen molar-refractivity contribution in [2.45, 2.75) is 51.9 Å². The molecule has 0 bridgehead atoms. The van der Waals surface area contributed by atoms with Crippen LogP contribution in [0.4, 0.5) is 0 Å². The first kappa shape index (κ1) is 15.7. The fraction of sp³-hybridized carbons (Fsp3) is 0.923. The van der Waals surface area contributed by atoms with Crippen molar-refractivity contribution in [1.29, 1.82) is 0 Å². The van der Waals surface area contributed by atoms with E-state index in [1.807, 2.05) is 0 Å². The Morgan fingerprint density at radius 3 is 2.56 bits per heavy atom. The lowest BCUT2D eigenvalue weighted by molar-refractivity contribution is -0.143. The lowest BCUT2D eigenvalue weighted by Gasteiger charge is -2.25. The van der Waals surface area contributed by atoms with Gasteiger partial charge in [0.05, 0.1) is 13.0 Å². The van der Waals surface area contributed by atoms with Crippen LogP contribution in [0.1, 0.15) is 26.7 Å². The Kier molecular flexibility index (Phi) is 6.32. The second-order valence-corrected chi connectivity index (χ2v) is 10.1. The van der Waals surface area contributed by atoms with Gasteiger partial charge in [0.15, 0.2) is 8.32 Å². The number of rotatable bonds is 9. The van der Waals surface area contributed by atoms with Crippen molar-refractivity contribution < 1.29 is 14.0 Å². The van der Waals surface area contributed by atoms with Crippen LogP contribution in [0.15, 0.2) is 0 Å². The molecule has 4 nitrogen and oxygen atoms in total. The molecule has 0 unspecified atom stereocenters. The summed E-state index contributed by atoms with van der Waals surface area (Å²) in [6.07, 6.45) is 1.74. The Morgan fingerprint density at radius 1 is 1.33 bits per heavy atom. The van der Waals surface area contributed by atoms with Crippen molar-refractivity contribution in [3.8, 4) is 0 Å². The number of ether oxygens (including phenoxy) is 1. The molecule has 1 saturated heterocycles. The minimum Gasteiger partial charge on any atom is -0.466 e. The van der Waals surface area contributed by atoms with Gasteiger partial charge in [-0.05, 0) is 39.4 Å². The van der Waals surface area contributed by atoms with Gasteiger partial charge in [0.1, 0.15) is 0 Å². The van der Waals surface area contributed by atoms with Gasteiger partial charge in [-0.1, -0.05) is 0 Å². The molecule has 1 fully saturated rings. The number of nitrogens with zero attached hydrogens (tertiary/aromatic N) is 1. The molecular weight excluding hydrogens is 246 g/mol. The monoisotopic (exact) mass is 273 g/mol. The molecule has 0 aromatic rings. The number of carbonyl (C=O) groups excluding carboxylic acids is 1. The molecule has 106 valence electrons. The normalized spacial score (nSPS) is 16.1. The summed E-state index contributed by atoms with van der Waals surface area (Å²) >= 11 is 0. The van der Waals surface area contributed by atoms with Crippen LogP contribution >= 0.6 is 0 Å². The highest BCUT2D eigenvalue weighted by atomic mass is 28.4. The Bertz CT molecular complexity index is 265. The van der Waals surface area contributed by atoms with Crippen LogP contribution in [0.5, 0.6) is 0 Å². The Labute approximate surface area is 112 Å². The Balaban J connectivity index is 2.00. The molecule has 1 heterocycles. The molecule has 0 N–H and O–H groups in total. The van der Waals surface area contributed by atoms with E-state index in [1.165, 1.54) is 0 Å². The van der Waals surface area contributed by atoms with Crippen molar-refractivity contribution in [3.05, 3.63) is 0 Å². The van der Waals surface area contributed by atoms with E-state index >= 15 is 0 Å². The third-order valence-corrected chi connectivity index (χ3v) is 5.58. The molecule has 0 aromatic heterocycles. The highest BCUT2D eigenvalue weighted by Crippen LogP contribution is 2.16. The first-order chi connectivity index (χ1) is 8.39. The molecule has 0 aromatic carbocycles. The second-order valence-electron chi connectivity index (χ2n) is 5.84. The fourth-order valence-corrected chi connectivity index (χ4v) is 4.39. The van der Waals surface area contributed by atoms with E-state index in [0.717, 1.165) is 32.1 Å².